The third kappa shape index (κ3) is 4.43. The number of ether oxygens (including phenoxy) is 1. The van der Waals surface area contributed by atoms with Gasteiger partial charge >= 0.3 is 0 Å². The van der Waals surface area contributed by atoms with E-state index in [1.165, 1.54) is 11.1 Å². The summed E-state index contributed by atoms with van der Waals surface area (Å²) >= 11 is 12.0. The normalized spacial score (nSPS) is 12.2. The molecule has 0 aromatic heterocycles. The largest absolute Gasteiger partial charge is 0.497 e. The van der Waals surface area contributed by atoms with Crippen molar-refractivity contribution in [1.29, 1.82) is 0 Å². The molecule has 0 radical (unpaired) electrons. The van der Waals surface area contributed by atoms with Gasteiger partial charge in [-0.1, -0.05) is 35.9 Å². The van der Waals surface area contributed by atoms with Crippen molar-refractivity contribution < 1.29 is 4.74 Å². The molecule has 0 N–H and O–H groups in total. The lowest BCUT2D eigenvalue weighted by atomic mass is 9.94. The van der Waals surface area contributed by atoms with Gasteiger partial charge in [-0.15, -0.1) is 11.6 Å². The topological polar surface area (TPSA) is 9.23 Å². The maximum atomic E-state index is 6.11. The third-order valence-corrected chi connectivity index (χ3v) is 4.00. The van der Waals surface area contributed by atoms with Crippen LogP contribution in [-0.2, 0) is 12.8 Å². The van der Waals surface area contributed by atoms with Crippen LogP contribution in [0.15, 0.2) is 48.5 Å². The fourth-order valence-corrected chi connectivity index (χ4v) is 2.61. The molecule has 0 fully saturated rings. The van der Waals surface area contributed by atoms with Gasteiger partial charge in [0.05, 0.1) is 7.11 Å². The summed E-state index contributed by atoms with van der Waals surface area (Å²) in [5.74, 6) is 1.94. The molecular weight excluding hydrogens is 291 g/mol. The summed E-state index contributed by atoms with van der Waals surface area (Å²) in [5.41, 5.74) is 2.52. The molecule has 0 saturated heterocycles. The Morgan fingerprint density at radius 2 is 1.70 bits per heavy atom. The van der Waals surface area contributed by atoms with E-state index in [-0.39, 0.29) is 0 Å². The maximum absolute atomic E-state index is 6.11. The number of methoxy groups -OCH3 is 1. The van der Waals surface area contributed by atoms with E-state index in [1.54, 1.807) is 7.11 Å². The third-order valence-electron chi connectivity index (χ3n) is 3.31. The predicted molar refractivity (Wildman–Crippen MR) is 86.1 cm³/mol. The molecule has 1 atom stereocenters. The summed E-state index contributed by atoms with van der Waals surface area (Å²) in [6.45, 7) is 0. The quantitative estimate of drug-likeness (QED) is 0.683. The SMILES string of the molecule is COc1cccc(CC(CCl)Cc2ccc(Cl)cc2)c1. The minimum atomic E-state index is 0.407. The Morgan fingerprint density at radius 3 is 2.35 bits per heavy atom. The van der Waals surface area contributed by atoms with Gasteiger partial charge in [-0.2, -0.15) is 0 Å². The minimum Gasteiger partial charge on any atom is -0.497 e. The summed E-state index contributed by atoms with van der Waals surface area (Å²) in [4.78, 5) is 0. The van der Waals surface area contributed by atoms with E-state index in [9.17, 15) is 0 Å². The van der Waals surface area contributed by atoms with Crippen LogP contribution in [0.2, 0.25) is 5.02 Å². The highest BCUT2D eigenvalue weighted by molar-refractivity contribution is 6.30. The summed E-state index contributed by atoms with van der Waals surface area (Å²) in [6.07, 6.45) is 1.90. The fraction of sp³-hybridized carbons (Fsp3) is 0.294. The fourth-order valence-electron chi connectivity index (χ4n) is 2.27. The first kappa shape index (κ1) is 15.2. The van der Waals surface area contributed by atoms with Crippen LogP contribution in [0.1, 0.15) is 11.1 Å². The van der Waals surface area contributed by atoms with E-state index >= 15 is 0 Å². The number of alkyl halides is 1. The standard InChI is InChI=1S/C17H18Cl2O/c1-20-17-4-2-3-14(11-17)10-15(12-18)9-13-5-7-16(19)8-6-13/h2-8,11,15H,9-10,12H2,1H3. The molecule has 0 heterocycles. The van der Waals surface area contributed by atoms with Crippen LogP contribution in [0.3, 0.4) is 0 Å². The molecule has 0 spiro atoms. The molecule has 0 saturated carbocycles. The van der Waals surface area contributed by atoms with Crippen molar-refractivity contribution in [1.82, 2.24) is 0 Å². The Hall–Kier alpha value is -1.18. The molecule has 106 valence electrons. The summed E-state index contributed by atoms with van der Waals surface area (Å²) in [5, 5.41) is 0.768. The van der Waals surface area contributed by atoms with Gasteiger partial charge in [-0.3, -0.25) is 0 Å². The molecular formula is C17H18Cl2O. The van der Waals surface area contributed by atoms with Crippen LogP contribution in [-0.4, -0.2) is 13.0 Å². The van der Waals surface area contributed by atoms with Gasteiger partial charge in [0.2, 0.25) is 0 Å². The molecule has 0 aliphatic carbocycles. The lowest BCUT2D eigenvalue weighted by Gasteiger charge is -2.14. The Bertz CT molecular complexity index is 537. The first-order chi connectivity index (χ1) is 9.71. The highest BCUT2D eigenvalue weighted by Crippen LogP contribution is 2.20. The first-order valence-electron chi connectivity index (χ1n) is 6.64. The Kier molecular flexibility index (Phi) is 5.75. The number of hydrogen-bond acceptors (Lipinski definition) is 1. The number of rotatable bonds is 6. The van der Waals surface area contributed by atoms with E-state index in [0.29, 0.717) is 11.8 Å². The van der Waals surface area contributed by atoms with Gasteiger partial charge in [-0.05, 0) is 54.2 Å². The molecule has 2 aromatic rings. The molecule has 2 rings (SSSR count). The summed E-state index contributed by atoms with van der Waals surface area (Å²) in [7, 11) is 1.69. The van der Waals surface area contributed by atoms with Crippen molar-refractivity contribution in [3.05, 3.63) is 64.7 Å². The van der Waals surface area contributed by atoms with Crippen LogP contribution in [0.25, 0.3) is 0 Å². The van der Waals surface area contributed by atoms with Gasteiger partial charge in [0, 0.05) is 10.9 Å². The van der Waals surface area contributed by atoms with Crippen molar-refractivity contribution in [2.24, 2.45) is 5.92 Å². The smallest absolute Gasteiger partial charge is 0.119 e. The molecule has 1 unspecified atom stereocenters. The Balaban J connectivity index is 2.02. The highest BCUT2D eigenvalue weighted by Gasteiger charge is 2.10. The van der Waals surface area contributed by atoms with E-state index in [4.69, 9.17) is 27.9 Å². The van der Waals surface area contributed by atoms with E-state index in [0.717, 1.165) is 23.6 Å². The minimum absolute atomic E-state index is 0.407. The molecule has 0 bridgehead atoms. The van der Waals surface area contributed by atoms with Gasteiger partial charge in [0.25, 0.3) is 0 Å². The average Bonchev–Trinajstić information content (AvgIpc) is 2.49. The van der Waals surface area contributed by atoms with Crippen molar-refractivity contribution in [2.75, 3.05) is 13.0 Å². The maximum Gasteiger partial charge on any atom is 0.119 e. The van der Waals surface area contributed by atoms with Crippen LogP contribution >= 0.6 is 23.2 Å². The second kappa shape index (κ2) is 7.56. The monoisotopic (exact) mass is 308 g/mol. The van der Waals surface area contributed by atoms with E-state index < -0.39 is 0 Å². The zero-order valence-corrected chi connectivity index (χ0v) is 13.0. The summed E-state index contributed by atoms with van der Waals surface area (Å²) in [6, 6.07) is 16.1. The van der Waals surface area contributed by atoms with Crippen molar-refractivity contribution in [3.63, 3.8) is 0 Å². The molecule has 0 aliphatic heterocycles. The Labute approximate surface area is 130 Å². The number of benzene rings is 2. The molecule has 0 aliphatic rings. The van der Waals surface area contributed by atoms with Crippen LogP contribution in [0.5, 0.6) is 5.75 Å². The molecule has 2 aromatic carbocycles. The first-order valence-corrected chi connectivity index (χ1v) is 7.56. The van der Waals surface area contributed by atoms with Gasteiger partial charge < -0.3 is 4.74 Å². The van der Waals surface area contributed by atoms with E-state index in [2.05, 4.69) is 24.3 Å². The van der Waals surface area contributed by atoms with E-state index in [1.807, 2.05) is 24.3 Å². The van der Waals surface area contributed by atoms with Gasteiger partial charge in [0.1, 0.15) is 5.75 Å². The van der Waals surface area contributed by atoms with Gasteiger partial charge in [-0.25, -0.2) is 0 Å². The second-order valence-electron chi connectivity index (χ2n) is 4.91. The molecule has 0 amide bonds. The van der Waals surface area contributed by atoms with Crippen LogP contribution < -0.4 is 4.74 Å². The van der Waals surface area contributed by atoms with Gasteiger partial charge in [0.15, 0.2) is 0 Å². The van der Waals surface area contributed by atoms with Crippen molar-refractivity contribution in [3.8, 4) is 5.75 Å². The lowest BCUT2D eigenvalue weighted by molar-refractivity contribution is 0.414. The van der Waals surface area contributed by atoms with Crippen molar-refractivity contribution in [2.45, 2.75) is 12.8 Å². The second-order valence-corrected chi connectivity index (χ2v) is 5.65. The lowest BCUT2D eigenvalue weighted by Crippen LogP contribution is -2.10. The van der Waals surface area contributed by atoms with Crippen LogP contribution in [0, 0.1) is 5.92 Å². The Morgan fingerprint density at radius 1 is 1.00 bits per heavy atom. The molecule has 1 nitrogen and oxygen atoms in total. The summed E-state index contributed by atoms with van der Waals surface area (Å²) < 4.78 is 5.25. The average molecular weight is 309 g/mol. The zero-order valence-electron chi connectivity index (χ0n) is 11.5. The molecule has 3 heteroatoms. The zero-order chi connectivity index (χ0) is 14.4. The van der Waals surface area contributed by atoms with Crippen molar-refractivity contribution >= 4 is 23.2 Å². The number of halogens is 2. The number of hydrogen-bond donors (Lipinski definition) is 0. The predicted octanol–water partition coefficient (Wildman–Crippen LogP) is 4.99. The highest BCUT2D eigenvalue weighted by atomic mass is 35.5. The van der Waals surface area contributed by atoms with Crippen LogP contribution in [0.4, 0.5) is 0 Å². The molecule has 20 heavy (non-hydrogen) atoms.